The zero-order valence-corrected chi connectivity index (χ0v) is 17.6. The van der Waals surface area contributed by atoms with Gasteiger partial charge in [0.2, 0.25) is 15.9 Å². The summed E-state index contributed by atoms with van der Waals surface area (Å²) in [6.07, 6.45) is 1.02. The van der Waals surface area contributed by atoms with E-state index in [1.165, 1.54) is 4.31 Å². The smallest absolute Gasteiger partial charge is 0.223 e. The standard InChI is InChI=1S/C20H22Cl2N2O3S/c21-18-7-5-15(6-8-18)14-28(26,27)24-11-9-16(10-12-24)20(25)23-13-17-3-1-2-4-19(17)22/h1-8,16H,9-14H2,(H,23,25). The third kappa shape index (κ3) is 5.47. The third-order valence-corrected chi connectivity index (χ3v) is 7.36. The quantitative estimate of drug-likeness (QED) is 0.741. The predicted octanol–water partition coefficient (Wildman–Crippen LogP) is 3.85. The molecule has 2 aromatic carbocycles. The zero-order valence-electron chi connectivity index (χ0n) is 15.3. The molecular weight excluding hydrogens is 419 g/mol. The Balaban J connectivity index is 1.51. The molecule has 0 radical (unpaired) electrons. The maximum Gasteiger partial charge on any atom is 0.223 e. The maximum absolute atomic E-state index is 12.6. The minimum atomic E-state index is -3.42. The minimum absolute atomic E-state index is 0.0605. The van der Waals surface area contributed by atoms with Crippen molar-refractivity contribution < 1.29 is 13.2 Å². The molecule has 1 saturated heterocycles. The summed E-state index contributed by atoms with van der Waals surface area (Å²) in [5.41, 5.74) is 1.56. The van der Waals surface area contributed by atoms with Gasteiger partial charge in [0, 0.05) is 35.6 Å². The van der Waals surface area contributed by atoms with Crippen LogP contribution in [0.2, 0.25) is 10.0 Å². The van der Waals surface area contributed by atoms with Gasteiger partial charge in [-0.05, 0) is 42.2 Å². The van der Waals surface area contributed by atoms with Gasteiger partial charge in [-0.1, -0.05) is 53.5 Å². The van der Waals surface area contributed by atoms with Crippen LogP contribution in [0.15, 0.2) is 48.5 Å². The highest BCUT2D eigenvalue weighted by Gasteiger charge is 2.31. The van der Waals surface area contributed by atoms with Gasteiger partial charge in [-0.15, -0.1) is 0 Å². The lowest BCUT2D eigenvalue weighted by Gasteiger charge is -2.30. The fourth-order valence-corrected chi connectivity index (χ4v) is 5.14. The van der Waals surface area contributed by atoms with Crippen LogP contribution in [0.3, 0.4) is 0 Å². The van der Waals surface area contributed by atoms with Crippen LogP contribution in [0.25, 0.3) is 0 Å². The first-order chi connectivity index (χ1) is 13.3. The Bertz CT molecular complexity index is 925. The van der Waals surface area contributed by atoms with Crippen molar-refractivity contribution in [1.82, 2.24) is 9.62 Å². The summed E-state index contributed by atoms with van der Waals surface area (Å²) in [6.45, 7) is 1.06. The lowest BCUT2D eigenvalue weighted by Crippen LogP contribution is -2.43. The van der Waals surface area contributed by atoms with Crippen molar-refractivity contribution in [3.8, 4) is 0 Å². The molecule has 1 heterocycles. The van der Waals surface area contributed by atoms with Crippen molar-refractivity contribution >= 4 is 39.1 Å². The van der Waals surface area contributed by atoms with Gasteiger partial charge in [0.15, 0.2) is 0 Å². The zero-order chi connectivity index (χ0) is 20.1. The number of piperidine rings is 1. The second kappa shape index (κ2) is 9.27. The highest BCUT2D eigenvalue weighted by Crippen LogP contribution is 2.23. The maximum atomic E-state index is 12.6. The highest BCUT2D eigenvalue weighted by atomic mass is 35.5. The molecule has 0 bridgehead atoms. The molecule has 1 aliphatic heterocycles. The fraction of sp³-hybridized carbons (Fsp3) is 0.350. The van der Waals surface area contributed by atoms with Crippen LogP contribution in [0.1, 0.15) is 24.0 Å². The van der Waals surface area contributed by atoms with Crippen molar-refractivity contribution in [3.63, 3.8) is 0 Å². The number of sulfonamides is 1. The Hall–Kier alpha value is -1.60. The molecule has 0 unspecified atom stereocenters. The highest BCUT2D eigenvalue weighted by molar-refractivity contribution is 7.88. The van der Waals surface area contributed by atoms with Crippen LogP contribution in [0, 0.1) is 5.92 Å². The molecule has 0 spiro atoms. The number of benzene rings is 2. The van der Waals surface area contributed by atoms with Crippen LogP contribution >= 0.6 is 23.2 Å². The molecule has 0 aromatic heterocycles. The topological polar surface area (TPSA) is 66.5 Å². The first-order valence-electron chi connectivity index (χ1n) is 9.08. The Morgan fingerprint density at radius 2 is 1.68 bits per heavy atom. The van der Waals surface area contributed by atoms with E-state index >= 15 is 0 Å². The van der Waals surface area contributed by atoms with Gasteiger partial charge >= 0.3 is 0 Å². The van der Waals surface area contributed by atoms with Crippen LogP contribution in [-0.2, 0) is 27.1 Å². The van der Waals surface area contributed by atoms with Gasteiger partial charge in [0.25, 0.3) is 0 Å². The molecule has 1 amide bonds. The van der Waals surface area contributed by atoms with E-state index in [4.69, 9.17) is 23.2 Å². The Morgan fingerprint density at radius 3 is 2.32 bits per heavy atom. The number of nitrogens with one attached hydrogen (secondary N) is 1. The number of hydrogen-bond acceptors (Lipinski definition) is 3. The second-order valence-electron chi connectivity index (χ2n) is 6.87. The van der Waals surface area contributed by atoms with Crippen LogP contribution in [0.4, 0.5) is 0 Å². The van der Waals surface area contributed by atoms with Crippen LogP contribution < -0.4 is 5.32 Å². The summed E-state index contributed by atoms with van der Waals surface area (Å²) < 4.78 is 26.8. The van der Waals surface area contributed by atoms with Gasteiger partial charge in [0.1, 0.15) is 0 Å². The van der Waals surface area contributed by atoms with Gasteiger partial charge in [-0.25, -0.2) is 12.7 Å². The predicted molar refractivity (Wildman–Crippen MR) is 112 cm³/mol. The second-order valence-corrected chi connectivity index (χ2v) is 9.68. The molecule has 0 aliphatic carbocycles. The number of hydrogen-bond donors (Lipinski definition) is 1. The molecule has 0 atom stereocenters. The Labute approximate surface area is 175 Å². The third-order valence-electron chi connectivity index (χ3n) is 4.89. The SMILES string of the molecule is O=C(NCc1ccccc1Cl)C1CCN(S(=O)(=O)Cc2ccc(Cl)cc2)CC1. The number of carbonyl (C=O) groups excluding carboxylic acids is 1. The van der Waals surface area contributed by atoms with E-state index in [2.05, 4.69) is 5.32 Å². The molecule has 3 rings (SSSR count). The molecule has 28 heavy (non-hydrogen) atoms. The van der Waals surface area contributed by atoms with Crippen LogP contribution in [0.5, 0.6) is 0 Å². The summed E-state index contributed by atoms with van der Waals surface area (Å²) in [5.74, 6) is -0.313. The molecule has 2 aromatic rings. The lowest BCUT2D eigenvalue weighted by molar-refractivity contribution is -0.126. The monoisotopic (exact) mass is 440 g/mol. The number of rotatable bonds is 6. The van der Waals surface area contributed by atoms with E-state index in [1.54, 1.807) is 30.3 Å². The Morgan fingerprint density at radius 1 is 1.04 bits per heavy atom. The average molecular weight is 441 g/mol. The molecule has 0 saturated carbocycles. The molecule has 1 fully saturated rings. The minimum Gasteiger partial charge on any atom is -0.352 e. The molecule has 1 aliphatic rings. The lowest BCUT2D eigenvalue weighted by atomic mass is 9.97. The number of carbonyl (C=O) groups is 1. The first kappa shape index (κ1) is 21.1. The summed E-state index contributed by atoms with van der Waals surface area (Å²) >= 11 is 12.0. The molecule has 150 valence electrons. The van der Waals surface area contributed by atoms with Crippen LogP contribution in [-0.4, -0.2) is 31.7 Å². The van der Waals surface area contributed by atoms with Crippen molar-refractivity contribution in [2.24, 2.45) is 5.92 Å². The van der Waals surface area contributed by atoms with Gasteiger partial charge in [0.05, 0.1) is 5.75 Å². The number of halogens is 2. The Kier molecular flexibility index (Phi) is 6.99. The summed E-state index contributed by atoms with van der Waals surface area (Å²) in [4.78, 5) is 12.4. The van der Waals surface area contributed by atoms with Crippen molar-refractivity contribution in [2.45, 2.75) is 25.1 Å². The fourth-order valence-electron chi connectivity index (χ4n) is 3.25. The first-order valence-corrected chi connectivity index (χ1v) is 11.4. The van der Waals surface area contributed by atoms with Gasteiger partial charge in [-0.3, -0.25) is 4.79 Å². The summed E-state index contributed by atoms with van der Waals surface area (Å²) in [5, 5.41) is 4.09. The number of amides is 1. The number of nitrogens with zero attached hydrogens (tertiary/aromatic N) is 1. The molecular formula is C20H22Cl2N2O3S. The van der Waals surface area contributed by atoms with E-state index in [0.29, 0.717) is 48.1 Å². The summed E-state index contributed by atoms with van der Waals surface area (Å²) in [6, 6.07) is 14.2. The van der Waals surface area contributed by atoms with E-state index < -0.39 is 10.0 Å². The van der Waals surface area contributed by atoms with Gasteiger partial charge < -0.3 is 5.32 Å². The van der Waals surface area contributed by atoms with E-state index in [-0.39, 0.29) is 17.6 Å². The average Bonchev–Trinajstić information content (AvgIpc) is 2.69. The molecule has 1 N–H and O–H groups in total. The van der Waals surface area contributed by atoms with Crippen molar-refractivity contribution in [3.05, 3.63) is 69.7 Å². The van der Waals surface area contributed by atoms with Crippen molar-refractivity contribution in [1.29, 1.82) is 0 Å². The van der Waals surface area contributed by atoms with E-state index in [9.17, 15) is 13.2 Å². The molecule has 5 nitrogen and oxygen atoms in total. The van der Waals surface area contributed by atoms with E-state index in [1.807, 2.05) is 18.2 Å². The normalized spacial score (nSPS) is 16.1. The summed E-state index contributed by atoms with van der Waals surface area (Å²) in [7, 11) is -3.42. The van der Waals surface area contributed by atoms with Crippen molar-refractivity contribution in [2.75, 3.05) is 13.1 Å². The van der Waals surface area contributed by atoms with E-state index in [0.717, 1.165) is 5.56 Å². The largest absolute Gasteiger partial charge is 0.352 e. The molecule has 8 heteroatoms. The van der Waals surface area contributed by atoms with Gasteiger partial charge in [-0.2, -0.15) is 0 Å².